The van der Waals surface area contributed by atoms with Crippen molar-refractivity contribution in [1.29, 1.82) is 0 Å². The Labute approximate surface area is 113 Å². The van der Waals surface area contributed by atoms with Gasteiger partial charge < -0.3 is 10.0 Å². The Morgan fingerprint density at radius 1 is 1.32 bits per heavy atom. The van der Waals surface area contributed by atoms with Gasteiger partial charge in [-0.05, 0) is 25.3 Å². The number of carbonyl (C=O) groups excluding carboxylic acids is 1. The summed E-state index contributed by atoms with van der Waals surface area (Å²) in [5, 5.41) is 9.16. The van der Waals surface area contributed by atoms with Gasteiger partial charge in [0.25, 0.3) is 0 Å². The summed E-state index contributed by atoms with van der Waals surface area (Å²) >= 11 is 0. The Hall–Kier alpha value is -1.84. The summed E-state index contributed by atoms with van der Waals surface area (Å²) in [5.74, 6) is -0.959. The van der Waals surface area contributed by atoms with Crippen LogP contribution in [0.25, 0.3) is 0 Å². The van der Waals surface area contributed by atoms with Gasteiger partial charge in [-0.1, -0.05) is 36.8 Å². The van der Waals surface area contributed by atoms with Gasteiger partial charge in [0.05, 0.1) is 0 Å². The lowest BCUT2D eigenvalue weighted by Gasteiger charge is -2.34. The number of hydrogen-bond acceptors (Lipinski definition) is 2. The maximum Gasteiger partial charge on any atom is 0.326 e. The Morgan fingerprint density at radius 2 is 1.95 bits per heavy atom. The van der Waals surface area contributed by atoms with Gasteiger partial charge in [0.1, 0.15) is 6.04 Å². The number of aliphatic carboxylic acids is 1. The van der Waals surface area contributed by atoms with Crippen LogP contribution in [0.5, 0.6) is 0 Å². The van der Waals surface area contributed by atoms with Crippen molar-refractivity contribution in [3.8, 4) is 0 Å². The zero-order chi connectivity index (χ0) is 13.8. The van der Waals surface area contributed by atoms with Gasteiger partial charge in [-0.2, -0.15) is 0 Å². The van der Waals surface area contributed by atoms with Crippen molar-refractivity contribution < 1.29 is 14.7 Å². The Balaban J connectivity index is 2.14. The number of carbonyl (C=O) groups is 2. The SMILES string of the molecule is CC(C(=O)O)N(Cc1ccccc1)C(=O)C1CCC1. The van der Waals surface area contributed by atoms with Crippen molar-refractivity contribution in [2.75, 3.05) is 0 Å². The second-order valence-electron chi connectivity index (χ2n) is 5.09. The van der Waals surface area contributed by atoms with Crippen molar-refractivity contribution in [1.82, 2.24) is 4.90 Å². The summed E-state index contributed by atoms with van der Waals surface area (Å²) in [5.41, 5.74) is 0.961. The van der Waals surface area contributed by atoms with E-state index in [1.54, 1.807) is 6.92 Å². The average molecular weight is 261 g/mol. The molecule has 2 rings (SSSR count). The van der Waals surface area contributed by atoms with Gasteiger partial charge >= 0.3 is 5.97 Å². The number of carboxylic acids is 1. The molecule has 102 valence electrons. The molecule has 0 spiro atoms. The predicted molar refractivity (Wildman–Crippen MR) is 71.4 cm³/mol. The highest BCUT2D eigenvalue weighted by atomic mass is 16.4. The van der Waals surface area contributed by atoms with Crippen LogP contribution in [0.15, 0.2) is 30.3 Å². The summed E-state index contributed by atoms with van der Waals surface area (Å²) in [6.07, 6.45) is 2.84. The van der Waals surface area contributed by atoms with E-state index in [1.165, 1.54) is 4.90 Å². The van der Waals surface area contributed by atoms with Gasteiger partial charge in [0.2, 0.25) is 5.91 Å². The van der Waals surface area contributed by atoms with E-state index in [9.17, 15) is 9.59 Å². The summed E-state index contributed by atoms with van der Waals surface area (Å²) < 4.78 is 0. The number of nitrogens with zero attached hydrogens (tertiary/aromatic N) is 1. The zero-order valence-electron chi connectivity index (χ0n) is 11.1. The van der Waals surface area contributed by atoms with Crippen molar-refractivity contribution in [2.24, 2.45) is 5.92 Å². The van der Waals surface area contributed by atoms with Crippen LogP contribution in [0.3, 0.4) is 0 Å². The minimum Gasteiger partial charge on any atom is -0.480 e. The molecule has 1 aliphatic carbocycles. The highest BCUT2D eigenvalue weighted by Crippen LogP contribution is 2.29. The van der Waals surface area contributed by atoms with Crippen LogP contribution in [0, 0.1) is 5.92 Å². The van der Waals surface area contributed by atoms with Gasteiger partial charge in [0, 0.05) is 12.5 Å². The molecule has 1 saturated carbocycles. The van der Waals surface area contributed by atoms with Crippen LogP contribution >= 0.6 is 0 Å². The monoisotopic (exact) mass is 261 g/mol. The highest BCUT2D eigenvalue weighted by Gasteiger charge is 2.33. The number of amides is 1. The van der Waals surface area contributed by atoms with Crippen LogP contribution in [0.2, 0.25) is 0 Å². The molecule has 0 aliphatic heterocycles. The van der Waals surface area contributed by atoms with E-state index in [4.69, 9.17) is 5.11 Å². The van der Waals surface area contributed by atoms with Crippen molar-refractivity contribution in [3.63, 3.8) is 0 Å². The summed E-state index contributed by atoms with van der Waals surface area (Å²) in [4.78, 5) is 25.0. The molecule has 1 aromatic rings. The Morgan fingerprint density at radius 3 is 2.42 bits per heavy atom. The Bertz CT molecular complexity index is 454. The van der Waals surface area contributed by atoms with Gasteiger partial charge in [-0.25, -0.2) is 4.79 Å². The summed E-state index contributed by atoms with van der Waals surface area (Å²) in [6.45, 7) is 1.94. The maximum atomic E-state index is 12.3. The molecule has 19 heavy (non-hydrogen) atoms. The first-order valence-electron chi connectivity index (χ1n) is 6.67. The van der Waals surface area contributed by atoms with Crippen LogP contribution in [0.1, 0.15) is 31.7 Å². The van der Waals surface area contributed by atoms with E-state index in [0.29, 0.717) is 6.54 Å². The molecule has 1 N–H and O–H groups in total. The van der Waals surface area contributed by atoms with Crippen LogP contribution in [-0.2, 0) is 16.1 Å². The molecule has 1 atom stereocenters. The predicted octanol–water partition coefficient (Wildman–Crippen LogP) is 2.29. The summed E-state index contributed by atoms with van der Waals surface area (Å²) in [7, 11) is 0. The minimum atomic E-state index is -0.955. The lowest BCUT2D eigenvalue weighted by atomic mass is 9.84. The van der Waals surface area contributed by atoms with Crippen molar-refractivity contribution in [2.45, 2.75) is 38.8 Å². The van der Waals surface area contributed by atoms with E-state index in [0.717, 1.165) is 24.8 Å². The quantitative estimate of drug-likeness (QED) is 0.884. The molecule has 0 saturated heterocycles. The molecular weight excluding hydrogens is 242 g/mol. The highest BCUT2D eigenvalue weighted by molar-refractivity contribution is 5.85. The molecule has 1 aliphatic rings. The topological polar surface area (TPSA) is 57.6 Å². The molecule has 0 radical (unpaired) electrons. The first-order chi connectivity index (χ1) is 9.09. The third kappa shape index (κ3) is 3.13. The van der Waals surface area contributed by atoms with Crippen molar-refractivity contribution in [3.05, 3.63) is 35.9 Å². The fourth-order valence-corrected chi connectivity index (χ4v) is 2.21. The second kappa shape index (κ2) is 5.87. The number of hydrogen-bond donors (Lipinski definition) is 1. The minimum absolute atomic E-state index is 0.0190. The lowest BCUT2D eigenvalue weighted by molar-refractivity contribution is -0.153. The third-order valence-corrected chi connectivity index (χ3v) is 3.76. The van der Waals surface area contributed by atoms with Gasteiger partial charge in [-0.15, -0.1) is 0 Å². The molecule has 4 heteroatoms. The molecule has 1 fully saturated rings. The molecule has 0 bridgehead atoms. The molecule has 0 heterocycles. The smallest absolute Gasteiger partial charge is 0.326 e. The van der Waals surface area contributed by atoms with E-state index < -0.39 is 12.0 Å². The Kier molecular flexibility index (Phi) is 4.20. The van der Waals surface area contributed by atoms with Crippen LogP contribution in [0.4, 0.5) is 0 Å². The average Bonchev–Trinajstić information content (AvgIpc) is 2.34. The third-order valence-electron chi connectivity index (χ3n) is 3.76. The van der Waals surface area contributed by atoms with Crippen molar-refractivity contribution >= 4 is 11.9 Å². The summed E-state index contributed by atoms with van der Waals surface area (Å²) in [6, 6.07) is 8.74. The van der Waals surface area contributed by atoms with E-state index in [-0.39, 0.29) is 11.8 Å². The lowest BCUT2D eigenvalue weighted by Crippen LogP contribution is -2.46. The zero-order valence-corrected chi connectivity index (χ0v) is 11.1. The van der Waals surface area contributed by atoms with E-state index in [1.807, 2.05) is 30.3 Å². The molecule has 1 aromatic carbocycles. The first-order valence-corrected chi connectivity index (χ1v) is 6.67. The number of rotatable bonds is 5. The second-order valence-corrected chi connectivity index (χ2v) is 5.09. The standard InChI is InChI=1S/C15H19NO3/c1-11(15(18)19)16(14(17)13-8-5-9-13)10-12-6-3-2-4-7-12/h2-4,6-7,11,13H,5,8-10H2,1H3,(H,18,19). The van der Waals surface area contributed by atoms with E-state index >= 15 is 0 Å². The first kappa shape index (κ1) is 13.6. The van der Waals surface area contributed by atoms with E-state index in [2.05, 4.69) is 0 Å². The molecular formula is C15H19NO3. The van der Waals surface area contributed by atoms with Crippen LogP contribution < -0.4 is 0 Å². The fourth-order valence-electron chi connectivity index (χ4n) is 2.21. The van der Waals surface area contributed by atoms with Gasteiger partial charge in [-0.3, -0.25) is 4.79 Å². The number of benzene rings is 1. The maximum absolute atomic E-state index is 12.3. The molecule has 1 amide bonds. The largest absolute Gasteiger partial charge is 0.480 e. The molecule has 0 aromatic heterocycles. The van der Waals surface area contributed by atoms with Crippen LogP contribution in [-0.4, -0.2) is 27.9 Å². The normalized spacial score (nSPS) is 16.5. The molecule has 4 nitrogen and oxygen atoms in total. The van der Waals surface area contributed by atoms with Gasteiger partial charge in [0.15, 0.2) is 0 Å². The fraction of sp³-hybridized carbons (Fsp3) is 0.467. The number of carboxylic acid groups (broad SMARTS) is 1. The molecule has 1 unspecified atom stereocenters.